The van der Waals surface area contributed by atoms with Crippen LogP contribution in [0.15, 0.2) is 65.8 Å². The molecular formula is C31H28N6O3. The van der Waals surface area contributed by atoms with E-state index in [0.717, 1.165) is 44.3 Å². The number of pyridine rings is 1. The summed E-state index contributed by atoms with van der Waals surface area (Å²) in [7, 11) is 6.61. The average Bonchev–Trinajstić information content (AvgIpc) is 3.27. The number of nitrogens with zero attached hydrogens (tertiary/aromatic N) is 6. The summed E-state index contributed by atoms with van der Waals surface area (Å²) in [6, 6.07) is 19.9. The van der Waals surface area contributed by atoms with Crippen molar-refractivity contribution in [2.75, 3.05) is 21.3 Å². The van der Waals surface area contributed by atoms with E-state index in [1.807, 2.05) is 84.8 Å². The highest BCUT2D eigenvalue weighted by molar-refractivity contribution is 6.04. The molecule has 0 saturated carbocycles. The molecule has 0 N–H and O–H groups in total. The highest BCUT2D eigenvalue weighted by atomic mass is 16.5. The van der Waals surface area contributed by atoms with Crippen molar-refractivity contribution >= 4 is 21.9 Å². The third-order valence-corrected chi connectivity index (χ3v) is 7.18. The van der Waals surface area contributed by atoms with Crippen molar-refractivity contribution in [1.29, 1.82) is 10.5 Å². The SMILES string of the molecule is COc1cc(-c2ccc3ncc4c(c3c2)n(-c2ccc(C(C)(C)C#N)cc2)c(=NC#N)n4C)cc(OC)c1OC. The number of hydrogen-bond donors (Lipinski definition) is 0. The van der Waals surface area contributed by atoms with Crippen molar-refractivity contribution in [2.45, 2.75) is 19.3 Å². The Balaban J connectivity index is 1.82. The van der Waals surface area contributed by atoms with Gasteiger partial charge < -0.3 is 18.8 Å². The van der Waals surface area contributed by atoms with E-state index in [4.69, 9.17) is 19.2 Å². The maximum atomic E-state index is 9.59. The minimum absolute atomic E-state index is 0.456. The largest absolute Gasteiger partial charge is 0.493 e. The summed E-state index contributed by atoms with van der Waals surface area (Å²) >= 11 is 0. The Morgan fingerprint density at radius 3 is 2.12 bits per heavy atom. The van der Waals surface area contributed by atoms with Gasteiger partial charge in [-0.25, -0.2) is 0 Å². The molecule has 9 nitrogen and oxygen atoms in total. The lowest BCUT2D eigenvalue weighted by molar-refractivity contribution is 0.324. The molecule has 0 amide bonds. The van der Waals surface area contributed by atoms with Crippen molar-refractivity contribution in [1.82, 2.24) is 14.1 Å². The Bertz CT molecular complexity index is 1890. The lowest BCUT2D eigenvalue weighted by atomic mass is 9.86. The molecule has 5 rings (SSSR count). The van der Waals surface area contributed by atoms with Crippen molar-refractivity contribution in [3.8, 4) is 46.3 Å². The molecule has 0 aliphatic heterocycles. The summed E-state index contributed by atoms with van der Waals surface area (Å²) in [4.78, 5) is 8.86. The highest BCUT2D eigenvalue weighted by Gasteiger charge is 2.21. The molecule has 0 unspecified atom stereocenters. The van der Waals surface area contributed by atoms with Gasteiger partial charge in [0.25, 0.3) is 0 Å². The van der Waals surface area contributed by atoms with Crippen molar-refractivity contribution < 1.29 is 14.2 Å². The molecule has 2 heterocycles. The zero-order valence-corrected chi connectivity index (χ0v) is 23.2. The van der Waals surface area contributed by atoms with Gasteiger partial charge in [-0.05, 0) is 66.9 Å². The maximum absolute atomic E-state index is 9.59. The summed E-state index contributed by atoms with van der Waals surface area (Å²) < 4.78 is 20.4. The number of aryl methyl sites for hydroxylation is 1. The fraction of sp³-hybridized carbons (Fsp3) is 0.226. The number of rotatable bonds is 6. The predicted octanol–water partition coefficient (Wildman–Crippen LogP) is 5.39. The van der Waals surface area contributed by atoms with Crippen LogP contribution >= 0.6 is 0 Å². The van der Waals surface area contributed by atoms with Gasteiger partial charge in [0.2, 0.25) is 17.6 Å². The monoisotopic (exact) mass is 532 g/mol. The molecule has 0 aliphatic carbocycles. The zero-order chi connectivity index (χ0) is 28.6. The fourth-order valence-corrected chi connectivity index (χ4v) is 4.94. The number of hydrogen-bond acceptors (Lipinski definition) is 7. The second-order valence-electron chi connectivity index (χ2n) is 9.83. The third-order valence-electron chi connectivity index (χ3n) is 7.18. The van der Waals surface area contributed by atoms with Crippen LogP contribution in [0, 0.1) is 22.8 Å². The first-order chi connectivity index (χ1) is 19.3. The summed E-state index contributed by atoms with van der Waals surface area (Å²) in [5.41, 5.74) is 5.77. The standard InChI is InChI=1S/C31H28N6O3/c1-31(2,17-32)21-8-10-22(11-9-21)37-28-23-13-19(20-14-26(38-4)29(40-6)27(15-20)39-5)7-12-24(23)34-16-25(28)36(3)30(37)35-18-33/h7-16H,1-6H3. The summed E-state index contributed by atoms with van der Waals surface area (Å²) in [6.45, 7) is 3.76. The third kappa shape index (κ3) is 4.18. The van der Waals surface area contributed by atoms with E-state index in [0.29, 0.717) is 22.9 Å². The van der Waals surface area contributed by atoms with Crippen LogP contribution in [-0.2, 0) is 12.5 Å². The first-order valence-corrected chi connectivity index (χ1v) is 12.5. The number of fused-ring (bicyclic) bond motifs is 3. The number of methoxy groups -OCH3 is 3. The van der Waals surface area contributed by atoms with E-state index in [1.165, 1.54) is 0 Å². The molecule has 3 aromatic carbocycles. The van der Waals surface area contributed by atoms with Crippen LogP contribution in [0.5, 0.6) is 17.2 Å². The second kappa shape index (κ2) is 10.1. The van der Waals surface area contributed by atoms with Crippen molar-refractivity contribution in [2.24, 2.45) is 12.0 Å². The Hall–Kier alpha value is -5.28. The van der Waals surface area contributed by atoms with Crippen LogP contribution in [0.25, 0.3) is 38.8 Å². The van der Waals surface area contributed by atoms with Crippen LogP contribution < -0.4 is 19.8 Å². The summed E-state index contributed by atoms with van der Waals surface area (Å²) in [6.07, 6.45) is 3.73. The summed E-state index contributed by atoms with van der Waals surface area (Å²) in [5.74, 6) is 1.63. The van der Waals surface area contributed by atoms with Crippen LogP contribution in [0.3, 0.4) is 0 Å². The van der Waals surface area contributed by atoms with E-state index < -0.39 is 5.41 Å². The maximum Gasteiger partial charge on any atom is 0.226 e. The van der Waals surface area contributed by atoms with E-state index in [2.05, 4.69) is 17.1 Å². The zero-order valence-electron chi connectivity index (χ0n) is 23.2. The Labute approximate surface area is 231 Å². The number of aromatic nitrogens is 3. The molecule has 40 heavy (non-hydrogen) atoms. The quantitative estimate of drug-likeness (QED) is 0.271. The van der Waals surface area contributed by atoms with E-state index in [9.17, 15) is 10.5 Å². The topological polar surface area (TPSA) is 110 Å². The molecule has 0 aliphatic rings. The van der Waals surface area contributed by atoms with Gasteiger partial charge in [0.05, 0.1) is 55.6 Å². The van der Waals surface area contributed by atoms with Gasteiger partial charge in [-0.2, -0.15) is 10.5 Å². The van der Waals surface area contributed by atoms with E-state index in [-0.39, 0.29) is 0 Å². The first-order valence-electron chi connectivity index (χ1n) is 12.5. The first kappa shape index (κ1) is 26.3. The van der Waals surface area contributed by atoms with Gasteiger partial charge in [-0.1, -0.05) is 18.2 Å². The molecule has 200 valence electrons. The molecule has 0 radical (unpaired) electrons. The lowest BCUT2D eigenvalue weighted by Gasteiger charge is -2.16. The van der Waals surface area contributed by atoms with Gasteiger partial charge in [-0.15, -0.1) is 4.99 Å². The minimum Gasteiger partial charge on any atom is -0.493 e. The number of nitriles is 2. The molecule has 0 spiro atoms. The van der Waals surface area contributed by atoms with Crippen molar-refractivity contribution in [3.63, 3.8) is 0 Å². The van der Waals surface area contributed by atoms with Crippen LogP contribution in [-0.4, -0.2) is 35.4 Å². The lowest BCUT2D eigenvalue weighted by Crippen LogP contribution is -2.23. The van der Waals surface area contributed by atoms with Crippen molar-refractivity contribution in [3.05, 3.63) is 72.0 Å². The summed E-state index contributed by atoms with van der Waals surface area (Å²) in [5, 5.41) is 20.0. The van der Waals surface area contributed by atoms with Crippen LogP contribution in [0.1, 0.15) is 19.4 Å². The van der Waals surface area contributed by atoms with Gasteiger partial charge in [-0.3, -0.25) is 9.55 Å². The average molecular weight is 533 g/mol. The molecule has 0 fully saturated rings. The fourth-order valence-electron chi connectivity index (χ4n) is 4.94. The number of ether oxygens (including phenoxy) is 3. The Morgan fingerprint density at radius 1 is 0.875 bits per heavy atom. The number of benzene rings is 3. The molecule has 0 atom stereocenters. The minimum atomic E-state index is -0.631. The van der Waals surface area contributed by atoms with Crippen LogP contribution in [0.4, 0.5) is 0 Å². The molecule has 2 aromatic heterocycles. The normalized spacial score (nSPS) is 11.8. The molecule has 9 heteroatoms. The number of imidazole rings is 1. The second-order valence-corrected chi connectivity index (χ2v) is 9.83. The molecular weight excluding hydrogens is 504 g/mol. The van der Waals surface area contributed by atoms with Gasteiger partial charge in [0.1, 0.15) is 0 Å². The highest BCUT2D eigenvalue weighted by Crippen LogP contribution is 2.42. The molecule has 0 bridgehead atoms. The Morgan fingerprint density at radius 2 is 1.55 bits per heavy atom. The van der Waals surface area contributed by atoms with Crippen LogP contribution in [0.2, 0.25) is 0 Å². The van der Waals surface area contributed by atoms with Gasteiger partial charge >= 0.3 is 0 Å². The smallest absolute Gasteiger partial charge is 0.226 e. The van der Waals surface area contributed by atoms with E-state index in [1.54, 1.807) is 27.5 Å². The predicted molar refractivity (Wildman–Crippen MR) is 152 cm³/mol. The Kier molecular flexibility index (Phi) is 6.66. The molecule has 5 aromatic rings. The molecule has 0 saturated heterocycles. The van der Waals surface area contributed by atoms with Gasteiger partial charge in [0, 0.05) is 18.1 Å². The van der Waals surface area contributed by atoms with Gasteiger partial charge in [0.15, 0.2) is 11.5 Å². The van der Waals surface area contributed by atoms with E-state index >= 15 is 0 Å².